The number of hydrogen-bond acceptors (Lipinski definition) is 5. The zero-order valence-corrected chi connectivity index (χ0v) is 10.2. The highest BCUT2D eigenvalue weighted by atomic mass is 79.9. The molecule has 88 valence electrons. The second-order valence-corrected chi connectivity index (χ2v) is 4.10. The van der Waals surface area contributed by atoms with Crippen molar-refractivity contribution < 1.29 is 4.39 Å². The number of rotatable bonds is 3. The van der Waals surface area contributed by atoms with E-state index in [1.54, 1.807) is 18.2 Å². The van der Waals surface area contributed by atoms with E-state index in [0.29, 0.717) is 17.3 Å². The minimum Gasteiger partial charge on any atom is -0.338 e. The van der Waals surface area contributed by atoms with Crippen LogP contribution < -0.4 is 16.6 Å². The quantitative estimate of drug-likeness (QED) is 0.599. The molecular weight excluding hydrogens is 289 g/mol. The number of aromatic nitrogens is 2. The number of nitrogens with one attached hydrogen (secondary N) is 2. The number of halogens is 2. The van der Waals surface area contributed by atoms with Gasteiger partial charge in [0.1, 0.15) is 23.8 Å². The largest absolute Gasteiger partial charge is 0.338 e. The molecule has 0 aliphatic carbocycles. The summed E-state index contributed by atoms with van der Waals surface area (Å²) in [6.07, 6.45) is 1.33. The summed E-state index contributed by atoms with van der Waals surface area (Å²) in [7, 11) is 0. The molecule has 1 aromatic carbocycles. The molecule has 17 heavy (non-hydrogen) atoms. The van der Waals surface area contributed by atoms with E-state index in [0.717, 1.165) is 4.47 Å². The molecule has 0 fully saturated rings. The Morgan fingerprint density at radius 2 is 1.94 bits per heavy atom. The van der Waals surface area contributed by atoms with E-state index in [9.17, 15) is 4.39 Å². The molecule has 0 radical (unpaired) electrons. The first-order chi connectivity index (χ1) is 8.19. The molecule has 0 unspecified atom stereocenters. The Balaban J connectivity index is 2.27. The van der Waals surface area contributed by atoms with Gasteiger partial charge in [0.15, 0.2) is 0 Å². The van der Waals surface area contributed by atoms with Crippen molar-refractivity contribution in [3.8, 4) is 0 Å². The van der Waals surface area contributed by atoms with Crippen LogP contribution >= 0.6 is 15.9 Å². The van der Waals surface area contributed by atoms with Crippen LogP contribution in [-0.4, -0.2) is 9.97 Å². The van der Waals surface area contributed by atoms with Crippen LogP contribution in [0.25, 0.3) is 0 Å². The fraction of sp³-hybridized carbons (Fsp3) is 0. The molecule has 0 atom stereocenters. The van der Waals surface area contributed by atoms with Crippen molar-refractivity contribution >= 4 is 33.3 Å². The molecule has 4 N–H and O–H groups in total. The fourth-order valence-electron chi connectivity index (χ4n) is 1.24. The molecule has 1 heterocycles. The van der Waals surface area contributed by atoms with Crippen molar-refractivity contribution in [3.05, 3.63) is 40.9 Å². The van der Waals surface area contributed by atoms with Crippen molar-refractivity contribution in [1.82, 2.24) is 9.97 Å². The first-order valence-corrected chi connectivity index (χ1v) is 5.49. The van der Waals surface area contributed by atoms with Gasteiger partial charge in [-0.05, 0) is 18.2 Å². The summed E-state index contributed by atoms with van der Waals surface area (Å²) in [6, 6.07) is 6.16. The van der Waals surface area contributed by atoms with E-state index in [-0.39, 0.29) is 5.82 Å². The van der Waals surface area contributed by atoms with E-state index in [2.05, 4.69) is 36.6 Å². The lowest BCUT2D eigenvalue weighted by Gasteiger charge is -2.07. The summed E-state index contributed by atoms with van der Waals surface area (Å²) < 4.78 is 14.2. The smallest absolute Gasteiger partial charge is 0.146 e. The lowest BCUT2D eigenvalue weighted by molar-refractivity contribution is 0.631. The zero-order chi connectivity index (χ0) is 12.3. The van der Waals surface area contributed by atoms with Crippen LogP contribution in [0.4, 0.5) is 21.7 Å². The average Bonchev–Trinajstić information content (AvgIpc) is 2.34. The molecule has 0 amide bonds. The van der Waals surface area contributed by atoms with Crippen LogP contribution in [0.3, 0.4) is 0 Å². The van der Waals surface area contributed by atoms with Gasteiger partial charge in [-0.25, -0.2) is 20.2 Å². The topological polar surface area (TPSA) is 75.9 Å². The Bertz CT molecular complexity index is 534. The van der Waals surface area contributed by atoms with Crippen LogP contribution in [0.5, 0.6) is 0 Å². The van der Waals surface area contributed by atoms with Crippen molar-refractivity contribution in [1.29, 1.82) is 0 Å². The highest BCUT2D eigenvalue weighted by Gasteiger charge is 2.04. The molecule has 2 aromatic rings. The molecule has 2 rings (SSSR count). The standard InChI is InChI=1S/C10H9BrFN5/c11-6-1-2-7(12)8(3-6)16-9-4-10(17-13)15-5-14-9/h1-5H,13H2,(H2,14,15,16,17). The maximum absolute atomic E-state index is 13.5. The van der Waals surface area contributed by atoms with E-state index < -0.39 is 0 Å². The third-order valence-electron chi connectivity index (χ3n) is 2.01. The van der Waals surface area contributed by atoms with Gasteiger partial charge in [0.2, 0.25) is 0 Å². The minimum atomic E-state index is -0.367. The summed E-state index contributed by atoms with van der Waals surface area (Å²) in [6.45, 7) is 0. The summed E-state index contributed by atoms with van der Waals surface area (Å²) in [5, 5.41) is 2.84. The van der Waals surface area contributed by atoms with E-state index >= 15 is 0 Å². The van der Waals surface area contributed by atoms with Gasteiger partial charge in [-0.3, -0.25) is 0 Å². The molecule has 1 aromatic heterocycles. The van der Waals surface area contributed by atoms with Crippen molar-refractivity contribution in [2.45, 2.75) is 0 Å². The first kappa shape index (κ1) is 11.7. The van der Waals surface area contributed by atoms with Gasteiger partial charge in [-0.15, -0.1) is 0 Å². The lowest BCUT2D eigenvalue weighted by atomic mass is 10.3. The van der Waals surface area contributed by atoms with Crippen LogP contribution in [0, 0.1) is 5.82 Å². The highest BCUT2D eigenvalue weighted by Crippen LogP contribution is 2.23. The molecule has 0 bridgehead atoms. The van der Waals surface area contributed by atoms with Gasteiger partial charge in [0.25, 0.3) is 0 Å². The Labute approximate surface area is 105 Å². The average molecular weight is 298 g/mol. The van der Waals surface area contributed by atoms with Gasteiger partial charge in [-0.1, -0.05) is 15.9 Å². The zero-order valence-electron chi connectivity index (χ0n) is 8.61. The van der Waals surface area contributed by atoms with Gasteiger partial charge < -0.3 is 10.7 Å². The minimum absolute atomic E-state index is 0.320. The monoisotopic (exact) mass is 297 g/mol. The van der Waals surface area contributed by atoms with Crippen LogP contribution in [-0.2, 0) is 0 Å². The number of anilines is 3. The van der Waals surface area contributed by atoms with Crippen LogP contribution in [0.15, 0.2) is 35.1 Å². The van der Waals surface area contributed by atoms with Crippen LogP contribution in [0.2, 0.25) is 0 Å². The normalized spacial score (nSPS) is 10.1. The molecule has 0 aliphatic rings. The van der Waals surface area contributed by atoms with Crippen LogP contribution in [0.1, 0.15) is 0 Å². The van der Waals surface area contributed by atoms with E-state index in [1.165, 1.54) is 12.4 Å². The Morgan fingerprint density at radius 3 is 2.71 bits per heavy atom. The lowest BCUT2D eigenvalue weighted by Crippen LogP contribution is -2.09. The van der Waals surface area contributed by atoms with Gasteiger partial charge in [0, 0.05) is 10.5 Å². The number of hydrogen-bond donors (Lipinski definition) is 3. The van der Waals surface area contributed by atoms with E-state index in [4.69, 9.17) is 5.84 Å². The van der Waals surface area contributed by atoms with Crippen molar-refractivity contribution in [3.63, 3.8) is 0 Å². The first-order valence-electron chi connectivity index (χ1n) is 4.70. The number of nitrogens with zero attached hydrogens (tertiary/aromatic N) is 2. The Hall–Kier alpha value is -1.73. The predicted molar refractivity (Wildman–Crippen MR) is 67.2 cm³/mol. The van der Waals surface area contributed by atoms with Gasteiger partial charge in [-0.2, -0.15) is 0 Å². The number of hydrazine groups is 1. The van der Waals surface area contributed by atoms with Crippen molar-refractivity contribution in [2.24, 2.45) is 5.84 Å². The number of benzene rings is 1. The third-order valence-corrected chi connectivity index (χ3v) is 2.50. The second kappa shape index (κ2) is 5.07. The summed E-state index contributed by atoms with van der Waals surface area (Å²) in [5.41, 5.74) is 2.71. The fourth-order valence-corrected chi connectivity index (χ4v) is 1.60. The number of nitrogen functional groups attached to an aromatic ring is 1. The number of nitrogens with two attached hydrogens (primary N) is 1. The molecule has 5 nitrogen and oxygen atoms in total. The summed E-state index contributed by atoms with van der Waals surface area (Å²) >= 11 is 3.27. The maximum atomic E-state index is 13.5. The molecule has 0 saturated carbocycles. The highest BCUT2D eigenvalue weighted by molar-refractivity contribution is 9.10. The molecule has 0 aliphatic heterocycles. The maximum Gasteiger partial charge on any atom is 0.146 e. The summed E-state index contributed by atoms with van der Waals surface area (Å²) in [4.78, 5) is 7.80. The molecule has 0 saturated heterocycles. The molecule has 7 heteroatoms. The molecular formula is C10H9BrFN5. The van der Waals surface area contributed by atoms with Crippen molar-refractivity contribution in [2.75, 3.05) is 10.7 Å². The van der Waals surface area contributed by atoms with E-state index in [1.807, 2.05) is 0 Å². The second-order valence-electron chi connectivity index (χ2n) is 3.18. The van der Waals surface area contributed by atoms with Gasteiger partial charge >= 0.3 is 0 Å². The Kier molecular flexibility index (Phi) is 3.50. The SMILES string of the molecule is NNc1cc(Nc2cc(Br)ccc2F)ncn1. The van der Waals surface area contributed by atoms with Gasteiger partial charge in [0.05, 0.1) is 5.69 Å². The summed E-state index contributed by atoms with van der Waals surface area (Å²) in [5.74, 6) is 5.74. The predicted octanol–water partition coefficient (Wildman–Crippen LogP) is 2.41. The Morgan fingerprint density at radius 1 is 1.18 bits per heavy atom. The molecule has 0 spiro atoms. The third kappa shape index (κ3) is 2.89.